The molecule has 1 fully saturated rings. The molecule has 2 N–H and O–H groups in total. The van der Waals surface area contributed by atoms with Gasteiger partial charge in [-0.2, -0.15) is 0 Å². The summed E-state index contributed by atoms with van der Waals surface area (Å²) in [4.78, 5) is 18.1. The fourth-order valence-corrected chi connectivity index (χ4v) is 5.37. The number of piperidine rings is 1. The molecule has 1 aliphatic heterocycles. The number of alkyl carbamates (subject to hydrolysis) is 1. The van der Waals surface area contributed by atoms with E-state index in [1.807, 2.05) is 18.2 Å². The number of hydrogen-bond acceptors (Lipinski definition) is 3. The highest BCUT2D eigenvalue weighted by atomic mass is 16.5. The Morgan fingerprint density at radius 1 is 1.20 bits per heavy atom. The van der Waals surface area contributed by atoms with Gasteiger partial charge in [0, 0.05) is 48.1 Å². The quantitative estimate of drug-likeness (QED) is 0.674. The van der Waals surface area contributed by atoms with Gasteiger partial charge < -0.3 is 19.9 Å². The molecule has 0 bridgehead atoms. The Bertz CT molecular complexity index is 1030. The smallest absolute Gasteiger partial charge is 0.407 e. The molecule has 30 heavy (non-hydrogen) atoms. The van der Waals surface area contributed by atoms with Crippen LogP contribution in [0.1, 0.15) is 29.0 Å². The average Bonchev–Trinajstić information content (AvgIpc) is 3.18. The number of nitrogens with zero attached hydrogens (tertiary/aromatic N) is 1. The Kier molecular flexibility index (Phi) is 5.21. The minimum atomic E-state index is -0.311. The fraction of sp³-hybridized carbons (Fsp3) is 0.400. The van der Waals surface area contributed by atoms with Crippen molar-refractivity contribution >= 4 is 17.0 Å². The maximum absolute atomic E-state index is 12.2. The van der Waals surface area contributed by atoms with Gasteiger partial charge in [-0.3, -0.25) is 0 Å². The van der Waals surface area contributed by atoms with E-state index in [1.165, 1.54) is 27.6 Å². The summed E-state index contributed by atoms with van der Waals surface area (Å²) in [5, 5.41) is 4.29. The zero-order valence-corrected chi connectivity index (χ0v) is 17.4. The van der Waals surface area contributed by atoms with Crippen molar-refractivity contribution in [2.45, 2.75) is 31.2 Å². The number of likely N-dealkylation sites (tertiary alicyclic amines) is 1. The Morgan fingerprint density at radius 2 is 2.07 bits per heavy atom. The van der Waals surface area contributed by atoms with Crippen molar-refractivity contribution in [1.29, 1.82) is 0 Å². The molecule has 2 aromatic carbocycles. The second-order valence-corrected chi connectivity index (χ2v) is 8.76. The van der Waals surface area contributed by atoms with E-state index in [9.17, 15) is 4.79 Å². The standard InChI is InChI=1S/C25H29N3O2/c1-28-15-18(16-30-25(29)26-11-10-17-6-3-2-4-7-17)12-21-20-8-5-9-22-24(20)19(14-27-22)13-23(21)28/h2-9,14,18,21,23,27H,10-13,15-16H2,1H3,(H,26,29)/t18?,21-,23-/m0/s1. The summed E-state index contributed by atoms with van der Waals surface area (Å²) < 4.78 is 5.59. The first kappa shape index (κ1) is 19.2. The molecular formula is C25H29N3O2. The monoisotopic (exact) mass is 403 g/mol. The van der Waals surface area contributed by atoms with Gasteiger partial charge in [-0.1, -0.05) is 42.5 Å². The lowest BCUT2D eigenvalue weighted by Gasteiger charge is -2.45. The van der Waals surface area contributed by atoms with Crippen LogP contribution < -0.4 is 5.32 Å². The van der Waals surface area contributed by atoms with Crippen LogP contribution in [0.5, 0.6) is 0 Å². The van der Waals surface area contributed by atoms with Gasteiger partial charge in [-0.25, -0.2) is 4.79 Å². The van der Waals surface area contributed by atoms with E-state index in [1.54, 1.807) is 0 Å². The van der Waals surface area contributed by atoms with Gasteiger partial charge in [0.2, 0.25) is 0 Å². The van der Waals surface area contributed by atoms with E-state index >= 15 is 0 Å². The van der Waals surface area contributed by atoms with Crippen molar-refractivity contribution in [2.24, 2.45) is 5.92 Å². The van der Waals surface area contributed by atoms with Crippen molar-refractivity contribution in [2.75, 3.05) is 26.7 Å². The molecule has 2 aliphatic rings. The zero-order chi connectivity index (χ0) is 20.5. The van der Waals surface area contributed by atoms with Crippen molar-refractivity contribution in [1.82, 2.24) is 15.2 Å². The van der Waals surface area contributed by atoms with Gasteiger partial charge in [0.1, 0.15) is 0 Å². The molecule has 3 aromatic rings. The van der Waals surface area contributed by atoms with Gasteiger partial charge in [-0.15, -0.1) is 0 Å². The Balaban J connectivity index is 1.18. The predicted octanol–water partition coefficient (Wildman–Crippen LogP) is 4.10. The number of likely N-dealkylation sites (N-methyl/N-ethyl adjacent to an activating group) is 1. The molecule has 156 valence electrons. The maximum atomic E-state index is 12.2. The van der Waals surface area contributed by atoms with Gasteiger partial charge in [0.25, 0.3) is 0 Å². The highest BCUT2D eigenvalue weighted by molar-refractivity contribution is 5.88. The third kappa shape index (κ3) is 3.70. The molecule has 5 heteroatoms. The van der Waals surface area contributed by atoms with Crippen LogP contribution in [0.3, 0.4) is 0 Å². The third-order valence-electron chi connectivity index (χ3n) is 6.79. The highest BCUT2D eigenvalue weighted by Crippen LogP contribution is 2.44. The summed E-state index contributed by atoms with van der Waals surface area (Å²) in [5.74, 6) is 0.845. The zero-order valence-electron chi connectivity index (χ0n) is 17.4. The number of aromatic amines is 1. The van der Waals surface area contributed by atoms with Crippen molar-refractivity contribution in [3.8, 4) is 0 Å². The summed E-state index contributed by atoms with van der Waals surface area (Å²) >= 11 is 0. The molecular weight excluding hydrogens is 374 g/mol. The normalized spacial score (nSPS) is 23.2. The molecule has 0 saturated carbocycles. The first-order chi connectivity index (χ1) is 14.7. The molecule has 1 unspecified atom stereocenters. The third-order valence-corrected chi connectivity index (χ3v) is 6.79. The Hall–Kier alpha value is -2.79. The number of H-pyrrole nitrogens is 1. The predicted molar refractivity (Wildman–Crippen MR) is 119 cm³/mol. The summed E-state index contributed by atoms with van der Waals surface area (Å²) in [6, 6.07) is 17.3. The Labute approximate surface area is 177 Å². The molecule has 3 atom stereocenters. The van der Waals surface area contributed by atoms with E-state index in [4.69, 9.17) is 4.74 Å². The topological polar surface area (TPSA) is 57.4 Å². The second-order valence-electron chi connectivity index (χ2n) is 8.76. The molecule has 0 spiro atoms. The maximum Gasteiger partial charge on any atom is 0.407 e. The van der Waals surface area contributed by atoms with Crippen molar-refractivity contribution in [3.05, 3.63) is 71.4 Å². The number of carbonyl (C=O) groups is 1. The first-order valence-corrected chi connectivity index (χ1v) is 10.9. The van der Waals surface area contributed by atoms with Gasteiger partial charge in [0.15, 0.2) is 0 Å². The summed E-state index contributed by atoms with van der Waals surface area (Å²) in [7, 11) is 2.21. The van der Waals surface area contributed by atoms with E-state index in [0.717, 1.165) is 25.8 Å². The van der Waals surface area contributed by atoms with E-state index in [2.05, 4.69) is 58.8 Å². The van der Waals surface area contributed by atoms with E-state index < -0.39 is 0 Å². The van der Waals surface area contributed by atoms with Crippen molar-refractivity contribution in [3.63, 3.8) is 0 Å². The second kappa shape index (κ2) is 8.15. The number of benzene rings is 2. The van der Waals surface area contributed by atoms with Crippen LogP contribution >= 0.6 is 0 Å². The van der Waals surface area contributed by atoms with Crippen LogP contribution in [0, 0.1) is 5.92 Å². The van der Waals surface area contributed by atoms with Gasteiger partial charge in [-0.05, 0) is 49.1 Å². The van der Waals surface area contributed by atoms with E-state index in [-0.39, 0.29) is 6.09 Å². The number of amides is 1. The minimum Gasteiger partial charge on any atom is -0.449 e. The highest BCUT2D eigenvalue weighted by Gasteiger charge is 2.39. The van der Waals surface area contributed by atoms with Crippen LogP contribution in [0.15, 0.2) is 54.7 Å². The number of ether oxygens (including phenoxy) is 1. The van der Waals surface area contributed by atoms with Crippen LogP contribution in [-0.2, 0) is 17.6 Å². The van der Waals surface area contributed by atoms with Crippen LogP contribution in [0.25, 0.3) is 10.9 Å². The molecule has 5 nitrogen and oxygen atoms in total. The van der Waals surface area contributed by atoms with Gasteiger partial charge >= 0.3 is 6.09 Å². The SMILES string of the molecule is CN1CC(COC(=O)NCCc2ccccc2)C[C@H]2c3cccc4[nH]cc(c34)C[C@@H]21. The first-order valence-electron chi connectivity index (χ1n) is 10.9. The summed E-state index contributed by atoms with van der Waals surface area (Å²) in [6.07, 6.45) is 4.83. The lowest BCUT2D eigenvalue weighted by Crippen LogP contribution is -2.49. The molecule has 1 aliphatic carbocycles. The number of fused-ring (bicyclic) bond motifs is 2. The number of hydrogen-bond donors (Lipinski definition) is 2. The fourth-order valence-electron chi connectivity index (χ4n) is 5.37. The molecule has 2 heterocycles. The largest absolute Gasteiger partial charge is 0.449 e. The number of rotatable bonds is 5. The number of nitrogens with one attached hydrogen (secondary N) is 2. The number of carbonyl (C=O) groups excluding carboxylic acids is 1. The van der Waals surface area contributed by atoms with Crippen LogP contribution in [0.4, 0.5) is 4.79 Å². The summed E-state index contributed by atoms with van der Waals surface area (Å²) in [6.45, 7) is 2.03. The minimum absolute atomic E-state index is 0.311. The van der Waals surface area contributed by atoms with Gasteiger partial charge in [0.05, 0.1) is 6.61 Å². The van der Waals surface area contributed by atoms with Crippen LogP contribution in [0.2, 0.25) is 0 Å². The average molecular weight is 404 g/mol. The molecule has 1 amide bonds. The lowest BCUT2D eigenvalue weighted by atomic mass is 9.72. The molecule has 1 saturated heterocycles. The molecule has 5 rings (SSSR count). The Morgan fingerprint density at radius 3 is 2.93 bits per heavy atom. The van der Waals surface area contributed by atoms with E-state index in [0.29, 0.717) is 31.0 Å². The van der Waals surface area contributed by atoms with Crippen molar-refractivity contribution < 1.29 is 9.53 Å². The summed E-state index contributed by atoms with van der Waals surface area (Å²) in [5.41, 5.74) is 5.33. The lowest BCUT2D eigenvalue weighted by molar-refractivity contribution is 0.0622. The number of aromatic nitrogens is 1. The van der Waals surface area contributed by atoms with Crippen LogP contribution in [-0.4, -0.2) is 48.8 Å². The molecule has 1 aromatic heterocycles. The molecule has 0 radical (unpaired) electrons.